The summed E-state index contributed by atoms with van der Waals surface area (Å²) in [5.41, 5.74) is 6.41. The second-order valence-corrected chi connectivity index (χ2v) is 7.89. The Balaban J connectivity index is 1.36. The summed E-state index contributed by atoms with van der Waals surface area (Å²) in [5, 5.41) is 5.63. The average Bonchev–Trinajstić information content (AvgIpc) is 3.18. The first-order valence-corrected chi connectivity index (χ1v) is 11.1. The van der Waals surface area contributed by atoms with Crippen LogP contribution in [0.25, 0.3) is 11.1 Å². The third-order valence-electron chi connectivity index (χ3n) is 5.54. The third-order valence-corrected chi connectivity index (χ3v) is 5.71. The van der Waals surface area contributed by atoms with E-state index in [4.69, 9.17) is 21.7 Å². The Kier molecular flexibility index (Phi) is 7.32. The van der Waals surface area contributed by atoms with Crippen molar-refractivity contribution in [1.29, 1.82) is 0 Å². The van der Waals surface area contributed by atoms with Gasteiger partial charge >= 0.3 is 12.1 Å². The van der Waals surface area contributed by atoms with Gasteiger partial charge in [-0.2, -0.15) is 0 Å². The standard InChI is InChI=1S/C26H24N2O4S/c29-25(18-8-2-1-3-9-18)31-15-19(14-27-17-33)28-26(30)32-16-24-22-12-6-4-10-20(22)21-11-5-7-13-23(21)24/h1-13,17,19,24H,14-16H2,(H,27,33)(H,28,30)/t19-/m1/s1. The van der Waals surface area contributed by atoms with Crippen molar-refractivity contribution in [2.24, 2.45) is 0 Å². The van der Waals surface area contributed by atoms with Gasteiger partial charge in [-0.05, 0) is 34.4 Å². The number of fused-ring (bicyclic) bond motifs is 3. The largest absolute Gasteiger partial charge is 0.460 e. The molecular weight excluding hydrogens is 436 g/mol. The van der Waals surface area contributed by atoms with Gasteiger partial charge in [0.25, 0.3) is 0 Å². The maximum atomic E-state index is 12.6. The fourth-order valence-corrected chi connectivity index (χ4v) is 4.08. The lowest BCUT2D eigenvalue weighted by atomic mass is 9.98. The van der Waals surface area contributed by atoms with E-state index in [1.807, 2.05) is 30.3 Å². The minimum Gasteiger partial charge on any atom is -0.460 e. The number of nitrogens with one attached hydrogen (secondary N) is 2. The highest BCUT2D eigenvalue weighted by Crippen LogP contribution is 2.44. The molecule has 1 aliphatic carbocycles. The number of carbonyl (C=O) groups is 2. The molecule has 6 nitrogen and oxygen atoms in total. The van der Waals surface area contributed by atoms with E-state index in [0.29, 0.717) is 12.1 Å². The number of alkyl carbamates (subject to hydrolysis) is 1. The van der Waals surface area contributed by atoms with E-state index < -0.39 is 18.1 Å². The first-order valence-electron chi connectivity index (χ1n) is 10.7. The van der Waals surface area contributed by atoms with E-state index in [1.165, 1.54) is 5.49 Å². The highest BCUT2D eigenvalue weighted by Gasteiger charge is 2.29. The van der Waals surface area contributed by atoms with Crippen LogP contribution in [-0.4, -0.2) is 43.4 Å². The van der Waals surface area contributed by atoms with Crippen LogP contribution in [0.15, 0.2) is 78.9 Å². The number of benzene rings is 3. The van der Waals surface area contributed by atoms with Gasteiger partial charge < -0.3 is 20.1 Å². The van der Waals surface area contributed by atoms with Crippen molar-refractivity contribution in [3.63, 3.8) is 0 Å². The summed E-state index contributed by atoms with van der Waals surface area (Å²) < 4.78 is 10.9. The van der Waals surface area contributed by atoms with Crippen LogP contribution in [0, 0.1) is 0 Å². The van der Waals surface area contributed by atoms with Crippen LogP contribution in [0.4, 0.5) is 4.79 Å². The highest BCUT2D eigenvalue weighted by molar-refractivity contribution is 7.78. The maximum absolute atomic E-state index is 12.6. The lowest BCUT2D eigenvalue weighted by Crippen LogP contribution is -2.45. The van der Waals surface area contributed by atoms with E-state index in [9.17, 15) is 9.59 Å². The lowest BCUT2D eigenvalue weighted by Gasteiger charge is -2.20. The Bertz CT molecular complexity index is 1090. The number of amides is 1. The summed E-state index contributed by atoms with van der Waals surface area (Å²) in [4.78, 5) is 24.8. The normalized spacial score (nSPS) is 12.7. The Morgan fingerprint density at radius 3 is 2.12 bits per heavy atom. The number of carbonyl (C=O) groups excluding carboxylic acids is 2. The van der Waals surface area contributed by atoms with Gasteiger partial charge in [0.05, 0.1) is 17.1 Å². The van der Waals surface area contributed by atoms with E-state index in [0.717, 1.165) is 22.3 Å². The zero-order chi connectivity index (χ0) is 23.0. The van der Waals surface area contributed by atoms with E-state index in [-0.39, 0.29) is 19.1 Å². The van der Waals surface area contributed by atoms with Gasteiger partial charge in [-0.15, -0.1) is 0 Å². The molecule has 33 heavy (non-hydrogen) atoms. The van der Waals surface area contributed by atoms with Crippen molar-refractivity contribution >= 4 is 29.8 Å². The number of rotatable bonds is 9. The first-order chi connectivity index (χ1) is 16.2. The van der Waals surface area contributed by atoms with Gasteiger partial charge in [0.15, 0.2) is 0 Å². The molecule has 0 unspecified atom stereocenters. The van der Waals surface area contributed by atoms with E-state index >= 15 is 0 Å². The van der Waals surface area contributed by atoms with Gasteiger partial charge in [0.2, 0.25) is 0 Å². The molecule has 1 atom stereocenters. The minimum absolute atomic E-state index is 0.0197. The van der Waals surface area contributed by atoms with Gasteiger partial charge in [0.1, 0.15) is 13.2 Å². The smallest absolute Gasteiger partial charge is 0.407 e. The van der Waals surface area contributed by atoms with Crippen molar-refractivity contribution in [3.8, 4) is 11.1 Å². The number of hydrogen-bond donors (Lipinski definition) is 2. The van der Waals surface area contributed by atoms with Crippen molar-refractivity contribution in [1.82, 2.24) is 10.6 Å². The van der Waals surface area contributed by atoms with Crippen molar-refractivity contribution in [2.75, 3.05) is 19.8 Å². The zero-order valence-electron chi connectivity index (χ0n) is 17.9. The molecule has 2 N–H and O–H groups in total. The fourth-order valence-electron chi connectivity index (χ4n) is 3.98. The van der Waals surface area contributed by atoms with E-state index in [2.05, 4.69) is 34.9 Å². The molecule has 0 fully saturated rings. The summed E-state index contributed by atoms with van der Waals surface area (Å²) >= 11 is 4.81. The van der Waals surface area contributed by atoms with Crippen LogP contribution >= 0.6 is 12.2 Å². The molecule has 4 rings (SSSR count). The molecule has 0 spiro atoms. The maximum Gasteiger partial charge on any atom is 0.407 e. The highest BCUT2D eigenvalue weighted by atomic mass is 32.1. The summed E-state index contributed by atoms with van der Waals surface area (Å²) in [6.07, 6.45) is -0.580. The zero-order valence-corrected chi connectivity index (χ0v) is 18.7. The Labute approximate surface area is 197 Å². The molecule has 7 heteroatoms. The average molecular weight is 461 g/mol. The van der Waals surface area contributed by atoms with Crippen LogP contribution in [0.5, 0.6) is 0 Å². The number of hydrogen-bond acceptors (Lipinski definition) is 5. The minimum atomic E-state index is -0.580. The topological polar surface area (TPSA) is 76.7 Å². The molecule has 0 bridgehead atoms. The third kappa shape index (κ3) is 5.38. The molecular formula is C26H24N2O4S. The summed E-state index contributed by atoms with van der Waals surface area (Å²) in [6, 6.07) is 24.5. The predicted molar refractivity (Wildman–Crippen MR) is 130 cm³/mol. The first kappa shape index (κ1) is 22.5. The van der Waals surface area contributed by atoms with Crippen molar-refractivity contribution in [2.45, 2.75) is 12.0 Å². The Hall–Kier alpha value is -3.71. The van der Waals surface area contributed by atoms with E-state index in [1.54, 1.807) is 24.3 Å². The van der Waals surface area contributed by atoms with Crippen LogP contribution in [0.3, 0.4) is 0 Å². The van der Waals surface area contributed by atoms with Gasteiger partial charge in [-0.1, -0.05) is 78.9 Å². The molecule has 1 amide bonds. The molecule has 0 heterocycles. The molecule has 0 aliphatic heterocycles. The lowest BCUT2D eigenvalue weighted by molar-refractivity contribution is 0.0459. The molecule has 1 aliphatic rings. The second-order valence-electron chi connectivity index (χ2n) is 7.66. The number of thiocarbonyl (C=S) groups is 1. The quantitative estimate of drug-likeness (QED) is 0.366. The molecule has 3 aromatic rings. The fraction of sp³-hybridized carbons (Fsp3) is 0.192. The molecule has 0 saturated carbocycles. The molecule has 0 saturated heterocycles. The Morgan fingerprint density at radius 2 is 1.48 bits per heavy atom. The monoisotopic (exact) mass is 460 g/mol. The van der Waals surface area contributed by atoms with Crippen LogP contribution in [0.2, 0.25) is 0 Å². The molecule has 3 aromatic carbocycles. The summed E-state index contributed by atoms with van der Waals surface area (Å²) in [7, 11) is 0. The number of ether oxygens (including phenoxy) is 2. The van der Waals surface area contributed by atoms with Gasteiger partial charge in [0, 0.05) is 12.5 Å². The van der Waals surface area contributed by atoms with Crippen LogP contribution in [0.1, 0.15) is 27.4 Å². The van der Waals surface area contributed by atoms with Crippen LogP contribution < -0.4 is 10.6 Å². The molecule has 168 valence electrons. The summed E-state index contributed by atoms with van der Waals surface area (Å²) in [5.74, 6) is -0.492. The summed E-state index contributed by atoms with van der Waals surface area (Å²) in [6.45, 7) is 0.487. The van der Waals surface area contributed by atoms with Crippen molar-refractivity contribution < 1.29 is 19.1 Å². The molecule has 0 radical (unpaired) electrons. The van der Waals surface area contributed by atoms with Crippen LogP contribution in [-0.2, 0) is 9.47 Å². The van der Waals surface area contributed by atoms with Gasteiger partial charge in [-0.25, -0.2) is 9.59 Å². The predicted octanol–water partition coefficient (Wildman–Crippen LogP) is 4.30. The molecule has 0 aromatic heterocycles. The SMILES string of the molecule is O=C(N[C@H](CNC=S)COC(=O)c1ccccc1)OCC1c2ccccc2-c2ccccc21. The number of esters is 1. The second kappa shape index (κ2) is 10.7. The van der Waals surface area contributed by atoms with Crippen molar-refractivity contribution in [3.05, 3.63) is 95.6 Å². The Morgan fingerprint density at radius 1 is 0.879 bits per heavy atom. The van der Waals surface area contributed by atoms with Gasteiger partial charge in [-0.3, -0.25) is 0 Å².